The van der Waals surface area contributed by atoms with Gasteiger partial charge in [-0.15, -0.1) is 0 Å². The van der Waals surface area contributed by atoms with Gasteiger partial charge in [-0.3, -0.25) is 4.55 Å². The molecule has 0 aromatic heterocycles. The van der Waals surface area contributed by atoms with E-state index in [1.165, 1.54) is 0 Å². The molecule has 1 saturated carbocycles. The zero-order valence-corrected chi connectivity index (χ0v) is 6.92. The molecule has 1 aliphatic rings. The average molecular weight is 180 g/mol. The van der Waals surface area contributed by atoms with Crippen LogP contribution in [0.25, 0.3) is 0 Å². The highest BCUT2D eigenvalue weighted by molar-refractivity contribution is 7.86. The molecule has 4 nitrogen and oxygen atoms in total. The third-order valence-corrected chi connectivity index (χ3v) is 3.29. The van der Waals surface area contributed by atoms with Crippen LogP contribution in [0, 0.1) is 0 Å². The SMILES string of the molecule is O=S(=O)(O)[C@H]1CCC[C@H](O)C1. The molecule has 0 heterocycles. The van der Waals surface area contributed by atoms with E-state index >= 15 is 0 Å². The monoisotopic (exact) mass is 180 g/mol. The molecule has 2 N–H and O–H groups in total. The molecule has 0 saturated heterocycles. The van der Waals surface area contributed by atoms with Crippen molar-refractivity contribution in [3.8, 4) is 0 Å². The van der Waals surface area contributed by atoms with Crippen LogP contribution in [0.2, 0.25) is 0 Å². The largest absolute Gasteiger partial charge is 0.393 e. The summed E-state index contributed by atoms with van der Waals surface area (Å²) < 4.78 is 29.8. The summed E-state index contributed by atoms with van der Waals surface area (Å²) in [6.07, 6.45) is 1.41. The molecule has 66 valence electrons. The maximum Gasteiger partial charge on any atom is 0.267 e. The lowest BCUT2D eigenvalue weighted by Crippen LogP contribution is -2.30. The third-order valence-electron chi connectivity index (χ3n) is 2.02. The van der Waals surface area contributed by atoms with Crippen LogP contribution in [-0.4, -0.2) is 29.4 Å². The van der Waals surface area contributed by atoms with Gasteiger partial charge >= 0.3 is 0 Å². The number of rotatable bonds is 1. The van der Waals surface area contributed by atoms with Crippen LogP contribution in [0.15, 0.2) is 0 Å². The van der Waals surface area contributed by atoms with Crippen LogP contribution in [0.1, 0.15) is 25.7 Å². The molecule has 11 heavy (non-hydrogen) atoms. The van der Waals surface area contributed by atoms with Gasteiger partial charge in [0.2, 0.25) is 0 Å². The topological polar surface area (TPSA) is 74.6 Å². The van der Waals surface area contributed by atoms with Gasteiger partial charge < -0.3 is 5.11 Å². The van der Waals surface area contributed by atoms with Crippen molar-refractivity contribution in [3.05, 3.63) is 0 Å². The number of aliphatic hydroxyl groups is 1. The molecule has 0 unspecified atom stereocenters. The smallest absolute Gasteiger partial charge is 0.267 e. The molecule has 0 aliphatic heterocycles. The van der Waals surface area contributed by atoms with Crippen molar-refractivity contribution in [3.63, 3.8) is 0 Å². The Morgan fingerprint density at radius 3 is 2.27 bits per heavy atom. The van der Waals surface area contributed by atoms with Crippen LogP contribution >= 0.6 is 0 Å². The number of hydrogen-bond donors (Lipinski definition) is 2. The Morgan fingerprint density at radius 2 is 1.91 bits per heavy atom. The lowest BCUT2D eigenvalue weighted by atomic mass is 9.97. The van der Waals surface area contributed by atoms with E-state index in [1.807, 2.05) is 0 Å². The van der Waals surface area contributed by atoms with Gasteiger partial charge in [0.05, 0.1) is 11.4 Å². The fourth-order valence-corrected chi connectivity index (χ4v) is 2.32. The Morgan fingerprint density at radius 1 is 1.27 bits per heavy atom. The highest BCUT2D eigenvalue weighted by Gasteiger charge is 2.29. The summed E-state index contributed by atoms with van der Waals surface area (Å²) in [7, 11) is -3.92. The van der Waals surface area contributed by atoms with Gasteiger partial charge in [-0.05, 0) is 25.7 Å². The maximum atomic E-state index is 10.6. The Hall–Kier alpha value is -0.130. The van der Waals surface area contributed by atoms with Gasteiger partial charge in [-0.25, -0.2) is 0 Å². The van der Waals surface area contributed by atoms with Gasteiger partial charge in [-0.2, -0.15) is 8.42 Å². The van der Waals surface area contributed by atoms with Crippen LogP contribution in [-0.2, 0) is 10.1 Å². The number of aliphatic hydroxyl groups excluding tert-OH is 1. The molecular formula is C6H12O4S. The zero-order valence-electron chi connectivity index (χ0n) is 6.10. The summed E-state index contributed by atoms with van der Waals surface area (Å²) in [6.45, 7) is 0. The first kappa shape index (κ1) is 8.96. The second kappa shape index (κ2) is 3.08. The van der Waals surface area contributed by atoms with Crippen molar-refractivity contribution in [1.29, 1.82) is 0 Å². The van der Waals surface area contributed by atoms with Crippen molar-refractivity contribution in [1.82, 2.24) is 0 Å². The summed E-state index contributed by atoms with van der Waals surface area (Å²) in [5.41, 5.74) is 0. The maximum absolute atomic E-state index is 10.6. The fourth-order valence-electron chi connectivity index (χ4n) is 1.39. The molecule has 0 aromatic carbocycles. The molecular weight excluding hydrogens is 168 g/mol. The van der Waals surface area contributed by atoms with Crippen molar-refractivity contribution in [2.75, 3.05) is 0 Å². The van der Waals surface area contributed by atoms with Gasteiger partial charge in [-0.1, -0.05) is 0 Å². The van der Waals surface area contributed by atoms with Gasteiger partial charge in [0.15, 0.2) is 0 Å². The van der Waals surface area contributed by atoms with Crippen LogP contribution in [0.3, 0.4) is 0 Å². The first-order chi connectivity index (χ1) is 5.00. The van der Waals surface area contributed by atoms with Crippen molar-refractivity contribution in [2.45, 2.75) is 37.0 Å². The predicted molar refractivity (Wildman–Crippen MR) is 39.8 cm³/mol. The molecule has 1 rings (SSSR count). The van der Waals surface area contributed by atoms with Crippen LogP contribution < -0.4 is 0 Å². The third kappa shape index (κ3) is 2.43. The Balaban J connectivity index is 2.60. The van der Waals surface area contributed by atoms with E-state index in [4.69, 9.17) is 9.66 Å². The van der Waals surface area contributed by atoms with E-state index in [1.54, 1.807) is 0 Å². The molecule has 5 heteroatoms. The molecule has 1 fully saturated rings. The van der Waals surface area contributed by atoms with Crippen molar-refractivity contribution in [2.24, 2.45) is 0 Å². The standard InChI is InChI=1S/C6H12O4S/c7-5-2-1-3-6(4-5)11(8,9)10/h5-7H,1-4H2,(H,8,9,10)/t5-,6-/m0/s1. The minimum Gasteiger partial charge on any atom is -0.393 e. The van der Waals surface area contributed by atoms with Crippen molar-refractivity contribution >= 4 is 10.1 Å². The van der Waals surface area contributed by atoms with E-state index < -0.39 is 21.5 Å². The summed E-state index contributed by atoms with van der Waals surface area (Å²) in [6, 6.07) is 0. The Bertz CT molecular complexity index is 221. The van der Waals surface area contributed by atoms with E-state index in [0.717, 1.165) is 0 Å². The molecule has 0 aromatic rings. The lowest BCUT2D eigenvalue weighted by molar-refractivity contribution is 0.130. The summed E-state index contributed by atoms with van der Waals surface area (Å²) >= 11 is 0. The highest BCUT2D eigenvalue weighted by Crippen LogP contribution is 2.23. The second-order valence-corrected chi connectivity index (χ2v) is 4.65. The summed E-state index contributed by atoms with van der Waals surface area (Å²) in [5, 5.41) is 8.32. The number of hydrogen-bond acceptors (Lipinski definition) is 3. The minimum absolute atomic E-state index is 0.179. The zero-order chi connectivity index (χ0) is 8.48. The average Bonchev–Trinajstić information content (AvgIpc) is 1.86. The van der Waals surface area contributed by atoms with Gasteiger partial charge in [0.1, 0.15) is 0 Å². The molecule has 2 atom stereocenters. The second-order valence-electron chi connectivity index (χ2n) is 2.96. The quantitative estimate of drug-likeness (QED) is 0.564. The van der Waals surface area contributed by atoms with E-state index in [9.17, 15) is 8.42 Å². The van der Waals surface area contributed by atoms with Crippen LogP contribution in [0.4, 0.5) is 0 Å². The molecule has 0 amide bonds. The van der Waals surface area contributed by atoms with E-state index in [0.29, 0.717) is 19.3 Å². The first-order valence-corrected chi connectivity index (χ1v) is 5.15. The predicted octanol–water partition coefficient (Wildman–Crippen LogP) is 0.178. The van der Waals surface area contributed by atoms with Crippen LogP contribution in [0.5, 0.6) is 0 Å². The molecule has 1 aliphatic carbocycles. The normalized spacial score (nSPS) is 33.6. The van der Waals surface area contributed by atoms with Gasteiger partial charge in [0, 0.05) is 0 Å². The lowest BCUT2D eigenvalue weighted by Gasteiger charge is -2.22. The van der Waals surface area contributed by atoms with Crippen molar-refractivity contribution < 1.29 is 18.1 Å². The molecule has 0 spiro atoms. The van der Waals surface area contributed by atoms with E-state index in [2.05, 4.69) is 0 Å². The summed E-state index contributed by atoms with van der Waals surface area (Å²) in [4.78, 5) is 0. The minimum atomic E-state index is -3.92. The highest BCUT2D eigenvalue weighted by atomic mass is 32.2. The summed E-state index contributed by atoms with van der Waals surface area (Å²) in [5.74, 6) is 0. The Kier molecular flexibility index (Phi) is 2.51. The van der Waals surface area contributed by atoms with Gasteiger partial charge in [0.25, 0.3) is 10.1 Å². The fraction of sp³-hybridized carbons (Fsp3) is 1.00. The molecule has 0 bridgehead atoms. The Labute approximate surface area is 66.0 Å². The van der Waals surface area contributed by atoms with E-state index in [-0.39, 0.29) is 6.42 Å². The first-order valence-electron chi connectivity index (χ1n) is 3.64. The molecule has 0 radical (unpaired) electrons.